The van der Waals surface area contributed by atoms with E-state index in [1.807, 2.05) is 30.3 Å². The molecule has 112 valence electrons. The van der Waals surface area contributed by atoms with Gasteiger partial charge in [0.15, 0.2) is 0 Å². The van der Waals surface area contributed by atoms with E-state index < -0.39 is 0 Å². The predicted molar refractivity (Wildman–Crippen MR) is 87.6 cm³/mol. The first kappa shape index (κ1) is 15.4. The average molecular weight is 304 g/mol. The molecule has 0 aliphatic rings. The highest BCUT2D eigenvalue weighted by Gasteiger charge is 2.17. The van der Waals surface area contributed by atoms with Crippen LogP contribution in [0.25, 0.3) is 5.69 Å². The molecule has 1 heterocycles. The van der Waals surface area contributed by atoms with Gasteiger partial charge in [-0.15, -0.1) is 0 Å². The summed E-state index contributed by atoms with van der Waals surface area (Å²) in [5, 5.41) is 12.1. The Labute approximate surface area is 129 Å². The molecule has 2 N–H and O–H groups in total. The van der Waals surface area contributed by atoms with Gasteiger partial charge in [-0.3, -0.25) is 0 Å². The van der Waals surface area contributed by atoms with Gasteiger partial charge in [-0.05, 0) is 28.5 Å². The number of nitrogens with two attached hydrogens (primary N) is 1. The van der Waals surface area contributed by atoms with Gasteiger partial charge in [0.05, 0.1) is 10.7 Å². The monoisotopic (exact) mass is 304 g/mol. The SMILES string of the molecule is CC(C)CN(CCC(N)=S)c1nnnn1-c1ccccc1. The van der Waals surface area contributed by atoms with Gasteiger partial charge in [0.1, 0.15) is 0 Å². The van der Waals surface area contributed by atoms with E-state index in [2.05, 4.69) is 34.3 Å². The van der Waals surface area contributed by atoms with Crippen molar-refractivity contribution in [1.29, 1.82) is 0 Å². The van der Waals surface area contributed by atoms with Crippen molar-refractivity contribution < 1.29 is 0 Å². The highest BCUT2D eigenvalue weighted by Crippen LogP contribution is 2.16. The Morgan fingerprint density at radius 3 is 2.67 bits per heavy atom. The zero-order valence-corrected chi connectivity index (χ0v) is 13.1. The highest BCUT2D eigenvalue weighted by atomic mass is 32.1. The van der Waals surface area contributed by atoms with Crippen molar-refractivity contribution in [3.63, 3.8) is 0 Å². The van der Waals surface area contributed by atoms with Gasteiger partial charge in [-0.25, -0.2) is 0 Å². The zero-order chi connectivity index (χ0) is 15.2. The van der Waals surface area contributed by atoms with E-state index in [0.717, 1.165) is 12.2 Å². The van der Waals surface area contributed by atoms with Gasteiger partial charge < -0.3 is 10.6 Å². The van der Waals surface area contributed by atoms with Crippen LogP contribution in [0.5, 0.6) is 0 Å². The van der Waals surface area contributed by atoms with Crippen LogP contribution in [0.3, 0.4) is 0 Å². The molecule has 0 atom stereocenters. The van der Waals surface area contributed by atoms with Gasteiger partial charge >= 0.3 is 0 Å². The molecule has 7 heteroatoms. The first-order chi connectivity index (χ1) is 10.1. The van der Waals surface area contributed by atoms with Crippen LogP contribution in [-0.4, -0.2) is 38.3 Å². The van der Waals surface area contributed by atoms with E-state index in [1.165, 1.54) is 0 Å². The van der Waals surface area contributed by atoms with Crippen LogP contribution in [0.2, 0.25) is 0 Å². The summed E-state index contributed by atoms with van der Waals surface area (Å²) in [6.45, 7) is 5.87. The summed E-state index contributed by atoms with van der Waals surface area (Å²) in [7, 11) is 0. The van der Waals surface area contributed by atoms with Crippen LogP contribution in [0.4, 0.5) is 5.95 Å². The van der Waals surface area contributed by atoms with Crippen molar-refractivity contribution in [3.05, 3.63) is 30.3 Å². The second-order valence-electron chi connectivity index (χ2n) is 5.28. The Morgan fingerprint density at radius 1 is 1.33 bits per heavy atom. The maximum Gasteiger partial charge on any atom is 0.250 e. The number of rotatable bonds is 7. The molecule has 0 fully saturated rings. The molecule has 0 aliphatic heterocycles. The number of nitrogens with zero attached hydrogens (tertiary/aromatic N) is 5. The van der Waals surface area contributed by atoms with E-state index in [4.69, 9.17) is 18.0 Å². The molecule has 0 saturated heterocycles. The molecule has 2 rings (SSSR count). The summed E-state index contributed by atoms with van der Waals surface area (Å²) in [6.07, 6.45) is 0.643. The van der Waals surface area contributed by atoms with Crippen LogP contribution in [0.15, 0.2) is 30.3 Å². The van der Waals surface area contributed by atoms with Crippen LogP contribution in [-0.2, 0) is 0 Å². The highest BCUT2D eigenvalue weighted by molar-refractivity contribution is 7.80. The van der Waals surface area contributed by atoms with Gasteiger partial charge in [0, 0.05) is 19.5 Å². The number of hydrogen-bond donors (Lipinski definition) is 1. The normalized spacial score (nSPS) is 10.8. The number of benzene rings is 1. The molecular formula is C14H20N6S. The van der Waals surface area contributed by atoms with Crippen LogP contribution >= 0.6 is 12.2 Å². The molecule has 1 aromatic carbocycles. The van der Waals surface area contributed by atoms with E-state index in [0.29, 0.717) is 29.8 Å². The third kappa shape index (κ3) is 4.22. The number of aromatic nitrogens is 4. The Bertz CT molecular complexity index is 580. The second-order valence-corrected chi connectivity index (χ2v) is 5.81. The Morgan fingerprint density at radius 2 is 2.05 bits per heavy atom. The van der Waals surface area contributed by atoms with Gasteiger partial charge in [0.2, 0.25) is 5.95 Å². The summed E-state index contributed by atoms with van der Waals surface area (Å²) in [6, 6.07) is 9.83. The minimum Gasteiger partial charge on any atom is -0.393 e. The lowest BCUT2D eigenvalue weighted by molar-refractivity contribution is 0.598. The molecule has 0 spiro atoms. The van der Waals surface area contributed by atoms with Crippen LogP contribution in [0.1, 0.15) is 20.3 Å². The van der Waals surface area contributed by atoms with Crippen molar-refractivity contribution in [3.8, 4) is 5.69 Å². The fourth-order valence-electron chi connectivity index (χ4n) is 2.07. The third-order valence-electron chi connectivity index (χ3n) is 2.95. The van der Waals surface area contributed by atoms with Crippen molar-refractivity contribution in [2.24, 2.45) is 11.7 Å². The lowest BCUT2D eigenvalue weighted by atomic mass is 10.2. The number of anilines is 1. The number of para-hydroxylation sites is 1. The zero-order valence-electron chi connectivity index (χ0n) is 12.3. The molecular weight excluding hydrogens is 284 g/mol. The standard InChI is InChI=1S/C14H20N6S/c1-11(2)10-19(9-8-13(15)21)14-16-17-18-20(14)12-6-4-3-5-7-12/h3-7,11H,8-10H2,1-2H3,(H2,15,21). The van der Waals surface area contributed by atoms with Crippen molar-refractivity contribution in [2.45, 2.75) is 20.3 Å². The second kappa shape index (κ2) is 7.12. The average Bonchev–Trinajstić information content (AvgIpc) is 2.93. The topological polar surface area (TPSA) is 72.9 Å². The first-order valence-electron chi connectivity index (χ1n) is 6.95. The summed E-state index contributed by atoms with van der Waals surface area (Å²) in [4.78, 5) is 2.62. The minimum atomic E-state index is 0.484. The van der Waals surface area contributed by atoms with Gasteiger partial charge in [0.25, 0.3) is 0 Å². The molecule has 6 nitrogen and oxygen atoms in total. The molecule has 0 amide bonds. The van der Waals surface area contributed by atoms with Crippen molar-refractivity contribution in [2.75, 3.05) is 18.0 Å². The molecule has 0 aliphatic carbocycles. The van der Waals surface area contributed by atoms with E-state index in [1.54, 1.807) is 4.68 Å². The Balaban J connectivity index is 2.28. The largest absolute Gasteiger partial charge is 0.393 e. The summed E-state index contributed by atoms with van der Waals surface area (Å²) in [5.74, 6) is 1.20. The summed E-state index contributed by atoms with van der Waals surface area (Å²) in [5.41, 5.74) is 6.55. The lowest BCUT2D eigenvalue weighted by Gasteiger charge is -2.24. The first-order valence-corrected chi connectivity index (χ1v) is 7.36. The third-order valence-corrected chi connectivity index (χ3v) is 3.15. The van der Waals surface area contributed by atoms with Gasteiger partial charge in [-0.1, -0.05) is 49.4 Å². The Hall–Kier alpha value is -2.02. The fourth-order valence-corrected chi connectivity index (χ4v) is 2.17. The minimum absolute atomic E-state index is 0.484. The number of tetrazole rings is 1. The smallest absolute Gasteiger partial charge is 0.250 e. The maximum atomic E-state index is 5.62. The molecule has 2 aromatic rings. The fraction of sp³-hybridized carbons (Fsp3) is 0.429. The Kier molecular flexibility index (Phi) is 5.21. The molecule has 0 bridgehead atoms. The molecule has 21 heavy (non-hydrogen) atoms. The summed E-state index contributed by atoms with van der Waals surface area (Å²) >= 11 is 4.98. The lowest BCUT2D eigenvalue weighted by Crippen LogP contribution is -2.33. The molecule has 0 saturated carbocycles. The van der Waals surface area contributed by atoms with E-state index >= 15 is 0 Å². The van der Waals surface area contributed by atoms with Crippen LogP contribution < -0.4 is 10.6 Å². The van der Waals surface area contributed by atoms with Gasteiger partial charge in [-0.2, -0.15) is 4.68 Å². The van der Waals surface area contributed by atoms with Crippen molar-refractivity contribution >= 4 is 23.2 Å². The number of thiocarbonyl (C=S) groups is 1. The molecule has 0 unspecified atom stereocenters. The summed E-state index contributed by atoms with van der Waals surface area (Å²) < 4.78 is 1.74. The van der Waals surface area contributed by atoms with E-state index in [9.17, 15) is 0 Å². The van der Waals surface area contributed by atoms with Crippen LogP contribution in [0, 0.1) is 5.92 Å². The molecule has 1 aromatic heterocycles. The molecule has 0 radical (unpaired) electrons. The van der Waals surface area contributed by atoms with Crippen molar-refractivity contribution in [1.82, 2.24) is 20.2 Å². The van der Waals surface area contributed by atoms with E-state index in [-0.39, 0.29) is 0 Å². The predicted octanol–water partition coefficient (Wildman–Crippen LogP) is 1.80. The number of hydrogen-bond acceptors (Lipinski definition) is 5. The maximum absolute atomic E-state index is 5.62. The quantitative estimate of drug-likeness (QED) is 0.786.